The fourth-order valence-corrected chi connectivity index (χ4v) is 2.58. The van der Waals surface area contributed by atoms with E-state index in [4.69, 9.17) is 9.47 Å². The quantitative estimate of drug-likeness (QED) is 0.821. The van der Waals surface area contributed by atoms with E-state index in [0.29, 0.717) is 17.9 Å². The predicted molar refractivity (Wildman–Crippen MR) is 82.9 cm³/mol. The van der Waals surface area contributed by atoms with Gasteiger partial charge in [-0.15, -0.1) is 0 Å². The van der Waals surface area contributed by atoms with Gasteiger partial charge < -0.3 is 14.8 Å². The second-order valence-corrected chi connectivity index (χ2v) is 5.47. The molecule has 0 bridgehead atoms. The minimum Gasteiger partial charge on any atom is -0.493 e. The molecule has 1 aliphatic carbocycles. The Bertz CT molecular complexity index is 523. The standard InChI is InChI=1S/C17H23NO4/c1-3-21-15-11-7-6-10-14(15)17(20)22-12(2)16(19)18-13-8-4-5-9-13/h6-7,10-13H,3-5,8-9H2,1-2H3,(H,18,19). The van der Waals surface area contributed by atoms with Crippen molar-refractivity contribution in [1.82, 2.24) is 5.32 Å². The summed E-state index contributed by atoms with van der Waals surface area (Å²) in [7, 11) is 0. The molecular formula is C17H23NO4. The summed E-state index contributed by atoms with van der Waals surface area (Å²) >= 11 is 0. The summed E-state index contributed by atoms with van der Waals surface area (Å²) in [5.41, 5.74) is 0.338. The molecule has 5 nitrogen and oxygen atoms in total. The van der Waals surface area contributed by atoms with E-state index in [9.17, 15) is 9.59 Å². The van der Waals surface area contributed by atoms with Gasteiger partial charge in [0.1, 0.15) is 11.3 Å². The molecule has 1 aromatic rings. The zero-order valence-electron chi connectivity index (χ0n) is 13.1. The van der Waals surface area contributed by atoms with Crippen molar-refractivity contribution in [3.8, 4) is 5.75 Å². The minimum atomic E-state index is -0.817. The van der Waals surface area contributed by atoms with Crippen LogP contribution in [0.5, 0.6) is 5.75 Å². The van der Waals surface area contributed by atoms with E-state index in [1.54, 1.807) is 31.2 Å². The lowest BCUT2D eigenvalue weighted by Crippen LogP contribution is -2.40. The molecule has 120 valence electrons. The minimum absolute atomic E-state index is 0.212. The van der Waals surface area contributed by atoms with Gasteiger partial charge in [-0.1, -0.05) is 25.0 Å². The van der Waals surface area contributed by atoms with Crippen LogP contribution in [0.4, 0.5) is 0 Å². The van der Waals surface area contributed by atoms with Crippen LogP contribution in [0.15, 0.2) is 24.3 Å². The first-order valence-corrected chi connectivity index (χ1v) is 7.85. The van der Waals surface area contributed by atoms with Crippen LogP contribution >= 0.6 is 0 Å². The summed E-state index contributed by atoms with van der Waals surface area (Å²) in [6, 6.07) is 7.09. The van der Waals surface area contributed by atoms with Crippen LogP contribution in [0.1, 0.15) is 49.9 Å². The number of esters is 1. The van der Waals surface area contributed by atoms with Gasteiger partial charge in [0.25, 0.3) is 5.91 Å². The zero-order chi connectivity index (χ0) is 15.9. The third-order valence-electron chi connectivity index (χ3n) is 3.76. The molecule has 1 unspecified atom stereocenters. The molecule has 5 heteroatoms. The largest absolute Gasteiger partial charge is 0.493 e. The first kappa shape index (κ1) is 16.3. The highest BCUT2D eigenvalue weighted by molar-refractivity contribution is 5.94. The number of amides is 1. The summed E-state index contributed by atoms with van der Waals surface area (Å²) in [6.45, 7) is 3.90. The normalized spacial score (nSPS) is 16.1. The average Bonchev–Trinajstić information content (AvgIpc) is 3.01. The van der Waals surface area contributed by atoms with Gasteiger partial charge >= 0.3 is 5.97 Å². The Labute approximate surface area is 131 Å². The molecule has 0 aromatic heterocycles. The number of carbonyl (C=O) groups excluding carboxylic acids is 2. The molecule has 22 heavy (non-hydrogen) atoms. The highest BCUT2D eigenvalue weighted by Crippen LogP contribution is 2.20. The monoisotopic (exact) mass is 305 g/mol. The maximum atomic E-state index is 12.2. The van der Waals surface area contributed by atoms with Crippen molar-refractivity contribution in [3.63, 3.8) is 0 Å². The van der Waals surface area contributed by atoms with Crippen molar-refractivity contribution in [2.24, 2.45) is 0 Å². The van der Waals surface area contributed by atoms with E-state index in [2.05, 4.69) is 5.32 Å². The van der Waals surface area contributed by atoms with Crippen LogP contribution in [-0.2, 0) is 9.53 Å². The van der Waals surface area contributed by atoms with Crippen molar-refractivity contribution in [2.45, 2.75) is 51.7 Å². The van der Waals surface area contributed by atoms with Gasteiger partial charge in [-0.25, -0.2) is 4.79 Å². The fourth-order valence-electron chi connectivity index (χ4n) is 2.58. The Morgan fingerprint density at radius 3 is 2.64 bits per heavy atom. The Morgan fingerprint density at radius 1 is 1.27 bits per heavy atom. The van der Waals surface area contributed by atoms with E-state index >= 15 is 0 Å². The van der Waals surface area contributed by atoms with Crippen molar-refractivity contribution in [1.29, 1.82) is 0 Å². The maximum absolute atomic E-state index is 12.2. The van der Waals surface area contributed by atoms with Gasteiger partial charge in [-0.05, 0) is 38.8 Å². The van der Waals surface area contributed by atoms with Crippen LogP contribution in [0.25, 0.3) is 0 Å². The van der Waals surface area contributed by atoms with Crippen LogP contribution in [0.2, 0.25) is 0 Å². The topological polar surface area (TPSA) is 64.6 Å². The Hall–Kier alpha value is -2.04. The predicted octanol–water partition coefficient (Wildman–Crippen LogP) is 2.69. The molecule has 1 aromatic carbocycles. The lowest BCUT2D eigenvalue weighted by Gasteiger charge is -2.17. The van der Waals surface area contributed by atoms with E-state index in [-0.39, 0.29) is 11.9 Å². The number of hydrogen-bond donors (Lipinski definition) is 1. The summed E-state index contributed by atoms with van der Waals surface area (Å²) < 4.78 is 10.7. The molecule has 0 saturated heterocycles. The molecule has 0 aliphatic heterocycles. The lowest BCUT2D eigenvalue weighted by atomic mass is 10.2. The number of carbonyl (C=O) groups is 2. The summed E-state index contributed by atoms with van der Waals surface area (Å²) in [6.07, 6.45) is 3.46. The molecule has 1 fully saturated rings. The van der Waals surface area contributed by atoms with Crippen molar-refractivity contribution in [3.05, 3.63) is 29.8 Å². The average molecular weight is 305 g/mol. The Morgan fingerprint density at radius 2 is 1.95 bits per heavy atom. The molecule has 0 heterocycles. The van der Waals surface area contributed by atoms with Crippen molar-refractivity contribution >= 4 is 11.9 Å². The van der Waals surface area contributed by atoms with Crippen LogP contribution < -0.4 is 10.1 Å². The highest BCUT2D eigenvalue weighted by Gasteiger charge is 2.24. The second-order valence-electron chi connectivity index (χ2n) is 5.47. The fraction of sp³-hybridized carbons (Fsp3) is 0.529. The zero-order valence-corrected chi connectivity index (χ0v) is 13.1. The van der Waals surface area contributed by atoms with Gasteiger partial charge in [0, 0.05) is 6.04 Å². The maximum Gasteiger partial charge on any atom is 0.342 e. The van der Waals surface area contributed by atoms with E-state index in [1.165, 1.54) is 0 Å². The lowest BCUT2D eigenvalue weighted by molar-refractivity contribution is -0.129. The summed E-state index contributed by atoms with van der Waals surface area (Å²) in [5, 5.41) is 2.93. The van der Waals surface area contributed by atoms with Crippen LogP contribution in [0, 0.1) is 0 Å². The van der Waals surface area contributed by atoms with Crippen LogP contribution in [0.3, 0.4) is 0 Å². The molecule has 1 atom stereocenters. The molecular weight excluding hydrogens is 282 g/mol. The second kappa shape index (κ2) is 7.82. The van der Waals surface area contributed by atoms with E-state index in [1.807, 2.05) is 6.92 Å². The molecule has 0 spiro atoms. The number of benzene rings is 1. The number of ether oxygens (including phenoxy) is 2. The number of para-hydroxylation sites is 1. The van der Waals surface area contributed by atoms with Gasteiger partial charge in [0.2, 0.25) is 0 Å². The third kappa shape index (κ3) is 4.23. The van der Waals surface area contributed by atoms with Gasteiger partial charge in [-0.2, -0.15) is 0 Å². The number of hydrogen-bond acceptors (Lipinski definition) is 4. The van der Waals surface area contributed by atoms with Crippen molar-refractivity contribution in [2.75, 3.05) is 6.61 Å². The summed E-state index contributed by atoms with van der Waals surface area (Å²) in [4.78, 5) is 24.3. The Balaban J connectivity index is 1.94. The smallest absolute Gasteiger partial charge is 0.342 e. The molecule has 1 aliphatic rings. The molecule has 1 amide bonds. The van der Waals surface area contributed by atoms with Gasteiger partial charge in [-0.3, -0.25) is 4.79 Å². The third-order valence-corrected chi connectivity index (χ3v) is 3.76. The van der Waals surface area contributed by atoms with Gasteiger partial charge in [0.05, 0.1) is 6.61 Å². The summed E-state index contributed by atoms with van der Waals surface area (Å²) in [5.74, 6) is -0.314. The highest BCUT2D eigenvalue weighted by atomic mass is 16.5. The van der Waals surface area contributed by atoms with Crippen molar-refractivity contribution < 1.29 is 19.1 Å². The van der Waals surface area contributed by atoms with Gasteiger partial charge in [0.15, 0.2) is 6.10 Å². The first-order valence-electron chi connectivity index (χ1n) is 7.85. The van der Waals surface area contributed by atoms with E-state index in [0.717, 1.165) is 25.7 Å². The Kier molecular flexibility index (Phi) is 5.81. The first-order chi connectivity index (χ1) is 10.6. The number of nitrogens with one attached hydrogen (secondary N) is 1. The molecule has 1 N–H and O–H groups in total. The SMILES string of the molecule is CCOc1ccccc1C(=O)OC(C)C(=O)NC1CCCC1. The van der Waals surface area contributed by atoms with Crippen LogP contribution in [-0.4, -0.2) is 30.6 Å². The molecule has 0 radical (unpaired) electrons. The molecule has 1 saturated carbocycles. The number of rotatable bonds is 6. The van der Waals surface area contributed by atoms with E-state index < -0.39 is 12.1 Å². The molecule has 2 rings (SSSR count).